The highest BCUT2D eigenvalue weighted by Gasteiger charge is 2.40. The molecule has 0 fully saturated rings. The van der Waals surface area contributed by atoms with Gasteiger partial charge in [0.2, 0.25) is 0 Å². The van der Waals surface area contributed by atoms with Crippen molar-refractivity contribution in [3.63, 3.8) is 0 Å². The molecule has 0 aliphatic carbocycles. The summed E-state index contributed by atoms with van der Waals surface area (Å²) in [5.41, 5.74) is 8.83. The van der Waals surface area contributed by atoms with Crippen LogP contribution in [0.1, 0.15) is 65.2 Å². The standard InChI is InChI=1S/C13H26N2O4S2/c1-3-5-7-9-11-20(16,17)13(15-14)21(18,19)12-10-8-6-4-2/h3-12H2,1-2H3. The van der Waals surface area contributed by atoms with E-state index in [-0.39, 0.29) is 11.5 Å². The van der Waals surface area contributed by atoms with Crippen LogP contribution in [0.2, 0.25) is 0 Å². The van der Waals surface area contributed by atoms with Gasteiger partial charge in [0.05, 0.1) is 11.5 Å². The molecule has 0 saturated heterocycles. The molecule has 0 unspecified atom stereocenters. The lowest BCUT2D eigenvalue weighted by Crippen LogP contribution is -2.30. The smallest absolute Gasteiger partial charge is 0.359 e. The fraction of sp³-hybridized carbons (Fsp3) is 0.923. The maximum atomic E-state index is 12.0. The van der Waals surface area contributed by atoms with Crippen molar-refractivity contribution in [2.75, 3.05) is 11.5 Å². The Morgan fingerprint density at radius 1 is 0.762 bits per heavy atom. The van der Waals surface area contributed by atoms with Crippen molar-refractivity contribution in [3.8, 4) is 0 Å². The van der Waals surface area contributed by atoms with Gasteiger partial charge in [-0.2, -0.15) is 0 Å². The Morgan fingerprint density at radius 2 is 1.14 bits per heavy atom. The van der Waals surface area contributed by atoms with E-state index < -0.39 is 24.1 Å². The molecule has 0 radical (unpaired) electrons. The zero-order valence-corrected chi connectivity index (χ0v) is 14.5. The first-order chi connectivity index (χ1) is 9.81. The Labute approximate surface area is 128 Å². The monoisotopic (exact) mass is 338 g/mol. The molecule has 0 aliphatic rings. The van der Waals surface area contributed by atoms with Crippen LogP contribution in [-0.4, -0.2) is 37.5 Å². The van der Waals surface area contributed by atoms with Crippen molar-refractivity contribution in [2.45, 2.75) is 65.2 Å². The van der Waals surface area contributed by atoms with Gasteiger partial charge in [0.15, 0.2) is 0 Å². The lowest BCUT2D eigenvalue weighted by Gasteiger charge is -2.02. The molecule has 21 heavy (non-hydrogen) atoms. The van der Waals surface area contributed by atoms with Gasteiger partial charge in [-0.1, -0.05) is 52.4 Å². The van der Waals surface area contributed by atoms with Gasteiger partial charge in [0.25, 0.3) is 19.7 Å². The molecule has 0 spiro atoms. The third-order valence-corrected chi connectivity index (χ3v) is 7.55. The van der Waals surface area contributed by atoms with E-state index in [0.29, 0.717) is 25.7 Å². The minimum absolute atomic E-state index is 0.291. The molecule has 0 rings (SSSR count). The van der Waals surface area contributed by atoms with Gasteiger partial charge < -0.3 is 5.53 Å². The van der Waals surface area contributed by atoms with E-state index >= 15 is 0 Å². The van der Waals surface area contributed by atoms with E-state index in [1.54, 1.807) is 0 Å². The summed E-state index contributed by atoms with van der Waals surface area (Å²) in [6.45, 7) is 3.99. The third kappa shape index (κ3) is 7.74. The fourth-order valence-electron chi connectivity index (χ4n) is 1.93. The Hall–Kier alpha value is -0.720. The molecule has 0 heterocycles. The summed E-state index contributed by atoms with van der Waals surface area (Å²) in [5, 5.41) is 0. The van der Waals surface area contributed by atoms with E-state index in [2.05, 4.69) is 4.79 Å². The lowest BCUT2D eigenvalue weighted by molar-refractivity contribution is 0.00380. The summed E-state index contributed by atoms with van der Waals surface area (Å²) >= 11 is 0. The first-order valence-electron chi connectivity index (χ1n) is 7.49. The van der Waals surface area contributed by atoms with Crippen LogP contribution >= 0.6 is 0 Å². The van der Waals surface area contributed by atoms with Crippen molar-refractivity contribution < 1.29 is 21.6 Å². The number of unbranched alkanes of at least 4 members (excludes halogenated alkanes) is 6. The maximum Gasteiger partial charge on any atom is 0.495 e. The molecule has 0 aromatic carbocycles. The SMILES string of the molecule is CCCCCCS(=O)(=O)C(=[N+]=[N-])S(=O)(=O)CCCCCC. The molecule has 124 valence electrons. The summed E-state index contributed by atoms with van der Waals surface area (Å²) in [4.78, 5) is 2.57. The summed E-state index contributed by atoms with van der Waals surface area (Å²) in [7, 11) is -8.08. The quantitative estimate of drug-likeness (QED) is 0.201. The maximum absolute atomic E-state index is 12.0. The van der Waals surface area contributed by atoms with Gasteiger partial charge in [-0.3, -0.25) is 0 Å². The van der Waals surface area contributed by atoms with Gasteiger partial charge in [-0.15, -0.1) is 4.79 Å². The molecule has 0 bridgehead atoms. The van der Waals surface area contributed by atoms with Crippen LogP contribution < -0.4 is 0 Å². The summed E-state index contributed by atoms with van der Waals surface area (Å²) < 4.78 is 46.9. The van der Waals surface area contributed by atoms with Gasteiger partial charge in [-0.05, 0) is 12.8 Å². The second-order valence-corrected chi connectivity index (χ2v) is 9.43. The number of rotatable bonds is 10. The van der Waals surface area contributed by atoms with Crippen molar-refractivity contribution in [1.82, 2.24) is 0 Å². The fourth-order valence-corrected chi connectivity index (χ4v) is 5.74. The van der Waals surface area contributed by atoms with Crippen LogP contribution in [0.3, 0.4) is 0 Å². The third-order valence-electron chi connectivity index (χ3n) is 3.15. The molecule has 0 amide bonds. The molecule has 0 atom stereocenters. The number of sulfone groups is 2. The average molecular weight is 338 g/mol. The molecular weight excluding hydrogens is 312 g/mol. The molecule has 0 N–H and O–H groups in total. The Balaban J connectivity index is 4.77. The van der Waals surface area contributed by atoms with E-state index in [9.17, 15) is 16.8 Å². The highest BCUT2D eigenvalue weighted by molar-refractivity contribution is 8.31. The van der Waals surface area contributed by atoms with Crippen LogP contribution in [0.15, 0.2) is 0 Å². The topological polar surface area (TPSA) is 105 Å². The molecule has 0 aliphatic heterocycles. The largest absolute Gasteiger partial charge is 0.495 e. The number of nitrogens with zero attached hydrogens (tertiary/aromatic N) is 2. The van der Waals surface area contributed by atoms with Crippen molar-refractivity contribution in [2.24, 2.45) is 0 Å². The van der Waals surface area contributed by atoms with Gasteiger partial charge in [0, 0.05) is 0 Å². The summed E-state index contributed by atoms with van der Waals surface area (Å²) in [6, 6.07) is 0. The van der Waals surface area contributed by atoms with Crippen molar-refractivity contribution in [1.29, 1.82) is 0 Å². The van der Waals surface area contributed by atoms with Gasteiger partial charge in [0.1, 0.15) is 0 Å². The Bertz CT molecular complexity index is 503. The average Bonchev–Trinajstić information content (AvgIpc) is 2.40. The zero-order valence-electron chi connectivity index (χ0n) is 12.9. The number of hydrogen-bond acceptors (Lipinski definition) is 4. The predicted molar refractivity (Wildman–Crippen MR) is 84.5 cm³/mol. The Morgan fingerprint density at radius 3 is 1.43 bits per heavy atom. The molecule has 0 aromatic heterocycles. The van der Waals surface area contributed by atoms with Crippen LogP contribution in [0.25, 0.3) is 5.53 Å². The van der Waals surface area contributed by atoms with E-state index in [4.69, 9.17) is 5.53 Å². The van der Waals surface area contributed by atoms with Crippen LogP contribution in [-0.2, 0) is 19.7 Å². The second kappa shape index (κ2) is 10.1. The highest BCUT2D eigenvalue weighted by atomic mass is 32.3. The van der Waals surface area contributed by atoms with Crippen LogP contribution in [0.5, 0.6) is 0 Å². The number of hydrogen-bond donors (Lipinski definition) is 0. The minimum atomic E-state index is -4.04. The van der Waals surface area contributed by atoms with Crippen molar-refractivity contribution >= 4 is 24.1 Å². The highest BCUT2D eigenvalue weighted by Crippen LogP contribution is 2.10. The lowest BCUT2D eigenvalue weighted by atomic mass is 10.2. The summed E-state index contributed by atoms with van der Waals surface area (Å²) in [5.74, 6) is -0.582. The molecule has 0 saturated carbocycles. The first-order valence-corrected chi connectivity index (χ1v) is 10.8. The van der Waals surface area contributed by atoms with Gasteiger partial charge in [-0.25, -0.2) is 16.8 Å². The van der Waals surface area contributed by atoms with Crippen LogP contribution in [0, 0.1) is 0 Å². The Kier molecular flexibility index (Phi) is 9.74. The van der Waals surface area contributed by atoms with E-state index in [1.807, 2.05) is 13.8 Å². The van der Waals surface area contributed by atoms with E-state index in [0.717, 1.165) is 25.7 Å². The van der Waals surface area contributed by atoms with Gasteiger partial charge >= 0.3 is 4.38 Å². The normalized spacial score (nSPS) is 12.1. The molecule has 6 nitrogen and oxygen atoms in total. The molecule has 0 aromatic rings. The van der Waals surface area contributed by atoms with E-state index in [1.165, 1.54) is 0 Å². The zero-order chi connectivity index (χ0) is 16.4. The second-order valence-electron chi connectivity index (χ2n) is 5.12. The minimum Gasteiger partial charge on any atom is -0.359 e. The van der Waals surface area contributed by atoms with Crippen molar-refractivity contribution in [3.05, 3.63) is 5.53 Å². The molecular formula is C13H26N2O4S2. The molecule has 8 heteroatoms. The predicted octanol–water partition coefficient (Wildman–Crippen LogP) is 2.56. The van der Waals surface area contributed by atoms with Crippen LogP contribution in [0.4, 0.5) is 0 Å². The first kappa shape index (κ1) is 20.3. The summed E-state index contributed by atoms with van der Waals surface area (Å²) in [6.07, 6.45) is 5.88.